The van der Waals surface area contributed by atoms with Gasteiger partial charge in [-0.05, 0) is 13.8 Å². The number of hydrogen-bond donors (Lipinski definition) is 1. The summed E-state index contributed by atoms with van der Waals surface area (Å²) in [5.41, 5.74) is 2.35. The van der Waals surface area contributed by atoms with Crippen molar-refractivity contribution in [2.75, 3.05) is 26.3 Å². The zero-order chi connectivity index (χ0) is 13.3. The fourth-order valence-electron chi connectivity index (χ4n) is 2.37. The molecular weight excluding hydrogens is 247 g/mol. The summed E-state index contributed by atoms with van der Waals surface area (Å²) in [4.78, 5) is 1.41. The van der Waals surface area contributed by atoms with Gasteiger partial charge in [-0.25, -0.2) is 0 Å². The first kappa shape index (κ1) is 13.4. The van der Waals surface area contributed by atoms with Crippen molar-refractivity contribution < 1.29 is 17.9 Å². The Kier molecular flexibility index (Phi) is 3.63. The van der Waals surface area contributed by atoms with Crippen molar-refractivity contribution >= 4 is 0 Å². The number of nitrogens with zero attached hydrogens (tertiary/aromatic N) is 2. The molecule has 7 heteroatoms. The second-order valence-corrected chi connectivity index (χ2v) is 4.52. The van der Waals surface area contributed by atoms with E-state index in [-0.39, 0.29) is 19.2 Å². The first-order valence-corrected chi connectivity index (χ1v) is 5.78. The molecule has 1 atom stereocenters. The third-order valence-corrected chi connectivity index (χ3v) is 3.14. The van der Waals surface area contributed by atoms with Crippen molar-refractivity contribution in [2.45, 2.75) is 26.1 Å². The van der Waals surface area contributed by atoms with E-state index < -0.39 is 12.7 Å². The van der Waals surface area contributed by atoms with Crippen LogP contribution in [-0.2, 0) is 4.74 Å². The molecule has 1 aromatic heterocycles. The van der Waals surface area contributed by atoms with Crippen molar-refractivity contribution in [2.24, 2.45) is 0 Å². The molecule has 0 aromatic carbocycles. The van der Waals surface area contributed by atoms with Gasteiger partial charge in [0.25, 0.3) is 0 Å². The van der Waals surface area contributed by atoms with Crippen LogP contribution in [0.1, 0.15) is 23.0 Å². The SMILES string of the molecule is Cc1n[nH]c(C)c1C1COCCN1CC(F)(F)F. The molecule has 1 aliphatic rings. The van der Waals surface area contributed by atoms with E-state index in [9.17, 15) is 13.2 Å². The normalized spacial score (nSPS) is 22.4. The summed E-state index contributed by atoms with van der Waals surface area (Å²) in [6.45, 7) is 3.59. The van der Waals surface area contributed by atoms with Crippen LogP contribution >= 0.6 is 0 Å². The van der Waals surface area contributed by atoms with Crippen molar-refractivity contribution in [1.82, 2.24) is 15.1 Å². The van der Waals surface area contributed by atoms with Crippen molar-refractivity contribution in [1.29, 1.82) is 0 Å². The van der Waals surface area contributed by atoms with E-state index >= 15 is 0 Å². The summed E-state index contributed by atoms with van der Waals surface area (Å²) >= 11 is 0. The highest BCUT2D eigenvalue weighted by Crippen LogP contribution is 2.30. The third kappa shape index (κ3) is 2.84. The van der Waals surface area contributed by atoms with E-state index in [0.29, 0.717) is 6.61 Å². The molecule has 1 unspecified atom stereocenters. The average Bonchev–Trinajstić information content (AvgIpc) is 2.58. The van der Waals surface area contributed by atoms with Crippen LogP contribution in [0.5, 0.6) is 0 Å². The first-order valence-electron chi connectivity index (χ1n) is 5.78. The molecule has 102 valence electrons. The molecule has 0 aliphatic carbocycles. The van der Waals surface area contributed by atoms with Gasteiger partial charge in [-0.15, -0.1) is 0 Å². The van der Waals surface area contributed by atoms with Crippen molar-refractivity contribution in [3.63, 3.8) is 0 Å². The van der Waals surface area contributed by atoms with Crippen LogP contribution < -0.4 is 0 Å². The topological polar surface area (TPSA) is 41.1 Å². The standard InChI is InChI=1S/C11H16F3N3O/c1-7-10(8(2)16-15-7)9-5-18-4-3-17(9)6-11(12,13)14/h9H,3-6H2,1-2H3,(H,15,16). The third-order valence-electron chi connectivity index (χ3n) is 3.14. The van der Waals surface area contributed by atoms with E-state index in [1.807, 2.05) is 6.92 Å². The second-order valence-electron chi connectivity index (χ2n) is 4.52. The van der Waals surface area contributed by atoms with E-state index in [4.69, 9.17) is 4.74 Å². The molecule has 1 N–H and O–H groups in total. The second kappa shape index (κ2) is 4.89. The maximum Gasteiger partial charge on any atom is 0.401 e. The van der Waals surface area contributed by atoms with Crippen LogP contribution in [0.25, 0.3) is 0 Å². The summed E-state index contributed by atoms with van der Waals surface area (Å²) in [6, 6.07) is -0.376. The Hall–Kier alpha value is -1.08. The predicted octanol–water partition coefficient (Wildman–Crippen LogP) is 1.96. The Morgan fingerprint density at radius 3 is 2.72 bits per heavy atom. The number of H-pyrrole nitrogens is 1. The Morgan fingerprint density at radius 2 is 2.17 bits per heavy atom. The molecule has 1 fully saturated rings. The summed E-state index contributed by atoms with van der Waals surface area (Å²) < 4.78 is 43.0. The van der Waals surface area contributed by atoms with Gasteiger partial charge in [-0.3, -0.25) is 10.00 Å². The van der Waals surface area contributed by atoms with Crippen LogP contribution in [0.4, 0.5) is 13.2 Å². The zero-order valence-electron chi connectivity index (χ0n) is 10.3. The molecule has 1 aliphatic heterocycles. The number of aryl methyl sites for hydroxylation is 2. The Labute approximate surface area is 103 Å². The van der Waals surface area contributed by atoms with Gasteiger partial charge < -0.3 is 4.74 Å². The lowest BCUT2D eigenvalue weighted by atomic mass is 10.0. The Balaban J connectivity index is 2.23. The molecule has 0 bridgehead atoms. The molecule has 0 radical (unpaired) electrons. The lowest BCUT2D eigenvalue weighted by Gasteiger charge is -2.36. The number of nitrogens with one attached hydrogen (secondary N) is 1. The molecule has 2 heterocycles. The molecule has 18 heavy (non-hydrogen) atoms. The number of morpholine rings is 1. The average molecular weight is 263 g/mol. The Bertz CT molecular complexity index is 397. The van der Waals surface area contributed by atoms with Gasteiger partial charge in [0.2, 0.25) is 0 Å². The van der Waals surface area contributed by atoms with Gasteiger partial charge in [0.15, 0.2) is 0 Å². The van der Waals surface area contributed by atoms with Gasteiger partial charge >= 0.3 is 6.18 Å². The molecule has 0 spiro atoms. The molecular formula is C11H16F3N3O. The number of ether oxygens (including phenoxy) is 1. The molecule has 1 saturated heterocycles. The largest absolute Gasteiger partial charge is 0.401 e. The fourth-order valence-corrected chi connectivity index (χ4v) is 2.37. The molecule has 2 rings (SSSR count). The van der Waals surface area contributed by atoms with Crippen LogP contribution in [-0.4, -0.2) is 47.6 Å². The number of aromatic nitrogens is 2. The Morgan fingerprint density at radius 1 is 1.44 bits per heavy atom. The van der Waals surface area contributed by atoms with Gasteiger partial charge in [0.1, 0.15) is 0 Å². The zero-order valence-corrected chi connectivity index (χ0v) is 10.3. The summed E-state index contributed by atoms with van der Waals surface area (Å²) in [6.07, 6.45) is -4.19. The number of halogens is 3. The highest BCUT2D eigenvalue weighted by Gasteiger charge is 2.37. The van der Waals surface area contributed by atoms with Gasteiger partial charge in [0, 0.05) is 17.8 Å². The lowest BCUT2D eigenvalue weighted by Crippen LogP contribution is -2.44. The van der Waals surface area contributed by atoms with Gasteiger partial charge in [-0.2, -0.15) is 18.3 Å². The molecule has 4 nitrogen and oxygen atoms in total. The minimum absolute atomic E-state index is 0.275. The number of rotatable bonds is 2. The quantitative estimate of drug-likeness (QED) is 0.886. The highest BCUT2D eigenvalue weighted by molar-refractivity contribution is 5.27. The number of alkyl halides is 3. The van der Waals surface area contributed by atoms with Crippen LogP contribution in [0.2, 0.25) is 0 Å². The monoisotopic (exact) mass is 263 g/mol. The maximum atomic E-state index is 12.6. The van der Waals surface area contributed by atoms with Crippen LogP contribution in [0.15, 0.2) is 0 Å². The highest BCUT2D eigenvalue weighted by atomic mass is 19.4. The molecule has 0 saturated carbocycles. The van der Waals surface area contributed by atoms with Gasteiger partial charge in [0.05, 0.1) is 31.5 Å². The van der Waals surface area contributed by atoms with Crippen molar-refractivity contribution in [3.05, 3.63) is 17.0 Å². The van der Waals surface area contributed by atoms with E-state index in [0.717, 1.165) is 17.0 Å². The van der Waals surface area contributed by atoms with Gasteiger partial charge in [-0.1, -0.05) is 0 Å². The smallest absolute Gasteiger partial charge is 0.378 e. The van der Waals surface area contributed by atoms with Crippen molar-refractivity contribution in [3.8, 4) is 0 Å². The fraction of sp³-hybridized carbons (Fsp3) is 0.727. The summed E-state index contributed by atoms with van der Waals surface area (Å²) in [5.74, 6) is 0. The summed E-state index contributed by atoms with van der Waals surface area (Å²) in [7, 11) is 0. The lowest BCUT2D eigenvalue weighted by molar-refractivity contribution is -0.162. The maximum absolute atomic E-state index is 12.6. The minimum atomic E-state index is -4.19. The summed E-state index contributed by atoms with van der Waals surface area (Å²) in [5, 5.41) is 6.84. The molecule has 0 amide bonds. The number of hydrogen-bond acceptors (Lipinski definition) is 3. The predicted molar refractivity (Wildman–Crippen MR) is 59.2 cm³/mol. The molecule has 1 aromatic rings. The van der Waals surface area contributed by atoms with E-state index in [2.05, 4.69) is 10.2 Å². The van der Waals surface area contributed by atoms with Crippen LogP contribution in [0, 0.1) is 13.8 Å². The minimum Gasteiger partial charge on any atom is -0.378 e. The van der Waals surface area contributed by atoms with Crippen LogP contribution in [0.3, 0.4) is 0 Å². The van der Waals surface area contributed by atoms with E-state index in [1.165, 1.54) is 4.90 Å². The van der Waals surface area contributed by atoms with E-state index in [1.54, 1.807) is 6.92 Å². The number of aromatic amines is 1. The first-order chi connectivity index (χ1) is 8.38.